The summed E-state index contributed by atoms with van der Waals surface area (Å²) in [5, 5.41) is 0. The van der Waals surface area contributed by atoms with Gasteiger partial charge in [-0.05, 0) is 54.2 Å². The number of halogens is 3. The molecule has 0 saturated carbocycles. The van der Waals surface area contributed by atoms with Gasteiger partial charge in [0.05, 0.1) is 5.92 Å². The Kier molecular flexibility index (Phi) is 6.56. The van der Waals surface area contributed by atoms with Crippen LogP contribution in [0.15, 0.2) is 60.7 Å². The molecule has 0 amide bonds. The summed E-state index contributed by atoms with van der Waals surface area (Å²) in [7, 11) is 0. The average molecular weight is 416 g/mol. The van der Waals surface area contributed by atoms with Gasteiger partial charge in [-0.3, -0.25) is 4.79 Å². The first-order chi connectivity index (χ1) is 12.1. The highest BCUT2D eigenvalue weighted by Crippen LogP contribution is 2.35. The van der Waals surface area contributed by atoms with Crippen LogP contribution in [0.3, 0.4) is 0 Å². The summed E-state index contributed by atoms with van der Waals surface area (Å²) >= 11 is 16.7. The average Bonchev–Trinajstić information content (AvgIpc) is 2.61. The molecular weight excluding hydrogens is 399 g/mol. The van der Waals surface area contributed by atoms with E-state index >= 15 is 0 Å². The third-order valence-corrected chi connectivity index (χ3v) is 4.11. The fourth-order valence-electron chi connectivity index (χ4n) is 2.34. The normalized spacial score (nSPS) is 14.8. The van der Waals surface area contributed by atoms with E-state index in [2.05, 4.69) is 0 Å². The van der Waals surface area contributed by atoms with E-state index in [1.54, 1.807) is 49.4 Å². The Morgan fingerprint density at radius 2 is 1.38 bits per heavy atom. The summed E-state index contributed by atoms with van der Waals surface area (Å²) in [5.74, 6) is -2.19. The Balaban J connectivity index is 2.33. The second-order valence-corrected chi connectivity index (χ2v) is 7.97. The molecule has 0 N–H and O–H groups in total. The van der Waals surface area contributed by atoms with Crippen molar-refractivity contribution in [2.45, 2.75) is 29.3 Å². The number of hydrogen-bond donors (Lipinski definition) is 0. The number of benzene rings is 2. The summed E-state index contributed by atoms with van der Waals surface area (Å²) in [5.41, 5.74) is -0.624. The molecule has 0 aliphatic rings. The minimum Gasteiger partial charge on any atom is -0.442 e. The van der Waals surface area contributed by atoms with E-state index in [1.807, 2.05) is 18.2 Å². The second kappa shape index (κ2) is 8.30. The molecule has 2 aromatic rings. The molecule has 0 aliphatic carbocycles. The molecule has 4 nitrogen and oxygen atoms in total. The lowest BCUT2D eigenvalue weighted by Crippen LogP contribution is -2.42. The molecule has 2 atom stereocenters. The Bertz CT molecular complexity index is 759. The number of hydrogen-bond acceptors (Lipinski definition) is 4. The van der Waals surface area contributed by atoms with E-state index in [-0.39, 0.29) is 0 Å². The maximum absolute atomic E-state index is 12.7. The lowest BCUT2D eigenvalue weighted by atomic mass is 9.95. The Morgan fingerprint density at radius 3 is 1.88 bits per heavy atom. The number of carbonyl (C=O) groups is 2. The molecule has 0 bridgehead atoms. The highest BCUT2D eigenvalue weighted by molar-refractivity contribution is 6.66. The predicted molar refractivity (Wildman–Crippen MR) is 101 cm³/mol. The van der Waals surface area contributed by atoms with Gasteiger partial charge in [0.25, 0.3) is 0 Å². The van der Waals surface area contributed by atoms with Gasteiger partial charge in [0.2, 0.25) is 5.60 Å². The highest BCUT2D eigenvalue weighted by Gasteiger charge is 2.45. The number of alkyl halides is 3. The zero-order valence-electron chi connectivity index (χ0n) is 14.1. The molecule has 0 spiro atoms. The monoisotopic (exact) mass is 414 g/mol. The summed E-state index contributed by atoms with van der Waals surface area (Å²) in [4.78, 5) is 25.3. The molecule has 138 valence electrons. The Morgan fingerprint density at radius 1 is 0.885 bits per heavy atom. The maximum Gasteiger partial charge on any atom is 0.358 e. The molecule has 0 fully saturated rings. The van der Waals surface area contributed by atoms with Crippen molar-refractivity contribution in [1.82, 2.24) is 0 Å². The molecule has 2 unspecified atom stereocenters. The molecule has 2 aromatic carbocycles. The van der Waals surface area contributed by atoms with E-state index in [9.17, 15) is 9.59 Å². The fourth-order valence-corrected chi connectivity index (χ4v) is 2.55. The molecular formula is C19H17Cl3O4. The van der Waals surface area contributed by atoms with E-state index in [0.29, 0.717) is 5.56 Å². The van der Waals surface area contributed by atoms with Crippen LogP contribution < -0.4 is 0 Å². The van der Waals surface area contributed by atoms with Gasteiger partial charge in [-0.2, -0.15) is 0 Å². The standard InChI is InChI=1S/C19H17Cl3O4/c1-13(14-9-5-3-6-10-14)16(23)25-18(2,15-11-7-4-8-12-15)17(24)26-19(20,21)22/h3-13H,1-2H3. The van der Waals surface area contributed by atoms with Gasteiger partial charge in [0, 0.05) is 5.56 Å². The topological polar surface area (TPSA) is 52.6 Å². The smallest absolute Gasteiger partial charge is 0.358 e. The van der Waals surface area contributed by atoms with Crippen LogP contribution >= 0.6 is 34.8 Å². The SMILES string of the molecule is CC(C(=O)OC(C)(C(=O)OC(Cl)(Cl)Cl)c1ccccc1)c1ccccc1. The van der Waals surface area contributed by atoms with Crippen LogP contribution in [0.1, 0.15) is 30.9 Å². The third kappa shape index (κ3) is 5.13. The van der Waals surface area contributed by atoms with Gasteiger partial charge < -0.3 is 9.47 Å². The first kappa shape index (κ1) is 20.6. The number of esters is 2. The van der Waals surface area contributed by atoms with Crippen LogP contribution in [-0.4, -0.2) is 15.9 Å². The third-order valence-electron chi connectivity index (χ3n) is 3.88. The Labute approximate surface area is 167 Å². The number of rotatable bonds is 5. The summed E-state index contributed by atoms with van der Waals surface area (Å²) in [6.07, 6.45) is 0. The van der Waals surface area contributed by atoms with Crippen molar-refractivity contribution < 1.29 is 19.1 Å². The molecule has 0 heterocycles. The van der Waals surface area contributed by atoms with E-state index in [1.165, 1.54) is 6.92 Å². The van der Waals surface area contributed by atoms with Crippen molar-refractivity contribution in [2.24, 2.45) is 0 Å². The van der Waals surface area contributed by atoms with Crippen molar-refractivity contribution in [3.05, 3.63) is 71.8 Å². The zero-order chi connectivity index (χ0) is 19.4. The van der Waals surface area contributed by atoms with Crippen molar-refractivity contribution in [2.75, 3.05) is 0 Å². The van der Waals surface area contributed by atoms with Crippen LogP contribution in [0.5, 0.6) is 0 Å². The molecule has 0 radical (unpaired) electrons. The molecule has 0 saturated heterocycles. The zero-order valence-corrected chi connectivity index (χ0v) is 16.4. The van der Waals surface area contributed by atoms with Gasteiger partial charge in [0.15, 0.2) is 0 Å². The largest absolute Gasteiger partial charge is 0.442 e. The molecule has 2 rings (SSSR count). The quantitative estimate of drug-likeness (QED) is 0.502. The van der Waals surface area contributed by atoms with E-state index in [0.717, 1.165) is 5.56 Å². The van der Waals surface area contributed by atoms with Crippen LogP contribution in [0.4, 0.5) is 0 Å². The van der Waals surface area contributed by atoms with Gasteiger partial charge >= 0.3 is 15.9 Å². The van der Waals surface area contributed by atoms with Gasteiger partial charge in [0.1, 0.15) is 0 Å². The van der Waals surface area contributed by atoms with E-state index < -0.39 is 27.4 Å². The van der Waals surface area contributed by atoms with Crippen LogP contribution in [0, 0.1) is 0 Å². The molecule has 26 heavy (non-hydrogen) atoms. The van der Waals surface area contributed by atoms with Gasteiger partial charge in [-0.1, -0.05) is 60.7 Å². The molecule has 7 heteroatoms. The fraction of sp³-hybridized carbons (Fsp3) is 0.263. The Hall–Kier alpha value is -1.75. The van der Waals surface area contributed by atoms with Gasteiger partial charge in [-0.15, -0.1) is 0 Å². The summed E-state index contributed by atoms with van der Waals surface area (Å²) < 4.78 is 8.11. The lowest BCUT2D eigenvalue weighted by Gasteiger charge is -2.30. The minimum atomic E-state index is -2.27. The van der Waals surface area contributed by atoms with Gasteiger partial charge in [-0.25, -0.2) is 4.79 Å². The number of carbonyl (C=O) groups excluding carboxylic acids is 2. The predicted octanol–water partition coefficient (Wildman–Crippen LogP) is 5.12. The second-order valence-electron chi connectivity index (χ2n) is 5.79. The minimum absolute atomic E-state index is 0.396. The maximum atomic E-state index is 12.7. The summed E-state index contributed by atoms with van der Waals surface area (Å²) in [6, 6.07) is 17.5. The van der Waals surface area contributed by atoms with E-state index in [4.69, 9.17) is 44.3 Å². The molecule has 0 aromatic heterocycles. The van der Waals surface area contributed by atoms with Crippen molar-refractivity contribution >= 4 is 46.7 Å². The van der Waals surface area contributed by atoms with Crippen LogP contribution in [0.2, 0.25) is 0 Å². The molecule has 0 aliphatic heterocycles. The first-order valence-corrected chi connectivity index (χ1v) is 8.90. The highest BCUT2D eigenvalue weighted by atomic mass is 35.6. The lowest BCUT2D eigenvalue weighted by molar-refractivity contribution is -0.183. The summed E-state index contributed by atoms with van der Waals surface area (Å²) in [6.45, 7) is 3.08. The first-order valence-electron chi connectivity index (χ1n) is 7.77. The van der Waals surface area contributed by atoms with Crippen molar-refractivity contribution in [3.63, 3.8) is 0 Å². The van der Waals surface area contributed by atoms with Crippen molar-refractivity contribution in [1.29, 1.82) is 0 Å². The van der Waals surface area contributed by atoms with Crippen LogP contribution in [-0.2, 0) is 24.7 Å². The van der Waals surface area contributed by atoms with Crippen LogP contribution in [0.25, 0.3) is 0 Å². The van der Waals surface area contributed by atoms with Crippen molar-refractivity contribution in [3.8, 4) is 0 Å². The number of ether oxygens (including phenoxy) is 2.